The third-order valence-corrected chi connectivity index (χ3v) is 4.70. The molecule has 3 rings (SSSR count). The largest absolute Gasteiger partial charge is 0.344 e. The molecule has 0 spiro atoms. The Morgan fingerprint density at radius 1 is 1.25 bits per heavy atom. The summed E-state index contributed by atoms with van der Waals surface area (Å²) < 4.78 is 0. The lowest BCUT2D eigenvalue weighted by Crippen LogP contribution is -2.20. The third kappa shape index (κ3) is 4.49. The maximum Gasteiger partial charge on any atom is 0.0476 e. The Balaban J connectivity index is 0.00000208. The third-order valence-electron chi connectivity index (χ3n) is 4.70. The van der Waals surface area contributed by atoms with Crippen molar-refractivity contribution in [2.24, 2.45) is 0 Å². The maximum absolute atomic E-state index is 4.15. The highest BCUT2D eigenvalue weighted by atomic mass is 35.5. The predicted octanol–water partition coefficient (Wildman–Crippen LogP) is 4.54. The summed E-state index contributed by atoms with van der Waals surface area (Å²) in [6.07, 6.45) is 15.1. The van der Waals surface area contributed by atoms with Crippen LogP contribution in [0, 0.1) is 0 Å². The SMILES string of the molecule is C/C=C\C/C=C1\CC2=C(CCCN(C)C2)N1Cc1ccncc1.Cl. The van der Waals surface area contributed by atoms with Crippen molar-refractivity contribution in [1.82, 2.24) is 14.8 Å². The summed E-state index contributed by atoms with van der Waals surface area (Å²) in [5, 5.41) is 0. The number of pyridine rings is 1. The summed E-state index contributed by atoms with van der Waals surface area (Å²) >= 11 is 0. The zero-order chi connectivity index (χ0) is 16.1. The van der Waals surface area contributed by atoms with Crippen LogP contribution >= 0.6 is 12.4 Å². The van der Waals surface area contributed by atoms with Crippen molar-refractivity contribution in [1.29, 1.82) is 0 Å². The van der Waals surface area contributed by atoms with Gasteiger partial charge in [0.1, 0.15) is 0 Å². The van der Waals surface area contributed by atoms with Crippen molar-refractivity contribution in [3.8, 4) is 0 Å². The monoisotopic (exact) mass is 345 g/mol. The highest BCUT2D eigenvalue weighted by Gasteiger charge is 2.28. The fourth-order valence-corrected chi connectivity index (χ4v) is 3.55. The number of hydrogen-bond acceptors (Lipinski definition) is 3. The van der Waals surface area contributed by atoms with Crippen LogP contribution in [0.25, 0.3) is 0 Å². The normalized spacial score (nSPS) is 20.4. The number of hydrogen-bond donors (Lipinski definition) is 0. The minimum atomic E-state index is 0. The molecule has 4 heteroatoms. The van der Waals surface area contributed by atoms with Crippen LogP contribution in [0.3, 0.4) is 0 Å². The van der Waals surface area contributed by atoms with Crippen molar-refractivity contribution >= 4 is 12.4 Å². The predicted molar refractivity (Wildman–Crippen MR) is 103 cm³/mol. The Morgan fingerprint density at radius 3 is 2.79 bits per heavy atom. The molecule has 0 radical (unpaired) electrons. The average Bonchev–Trinajstić information content (AvgIpc) is 2.75. The average molecular weight is 346 g/mol. The minimum Gasteiger partial charge on any atom is -0.344 e. The number of nitrogens with zero attached hydrogens (tertiary/aromatic N) is 3. The molecule has 0 saturated heterocycles. The van der Waals surface area contributed by atoms with E-state index in [1.165, 1.54) is 30.6 Å². The number of halogens is 1. The van der Waals surface area contributed by atoms with Gasteiger partial charge in [-0.05, 0) is 63.0 Å². The molecule has 130 valence electrons. The van der Waals surface area contributed by atoms with Crippen LogP contribution < -0.4 is 0 Å². The maximum atomic E-state index is 4.15. The topological polar surface area (TPSA) is 19.4 Å². The molecule has 2 aliphatic heterocycles. The van der Waals surface area contributed by atoms with Crippen LogP contribution in [-0.4, -0.2) is 34.9 Å². The molecule has 0 amide bonds. The lowest BCUT2D eigenvalue weighted by Gasteiger charge is -2.25. The van der Waals surface area contributed by atoms with E-state index in [2.05, 4.69) is 59.1 Å². The first-order valence-corrected chi connectivity index (χ1v) is 8.64. The Hall–Kier alpha value is -1.58. The molecule has 0 bridgehead atoms. The first-order valence-electron chi connectivity index (χ1n) is 8.64. The molecule has 0 aliphatic carbocycles. The van der Waals surface area contributed by atoms with E-state index in [9.17, 15) is 0 Å². The summed E-state index contributed by atoms with van der Waals surface area (Å²) in [7, 11) is 2.24. The highest BCUT2D eigenvalue weighted by molar-refractivity contribution is 5.85. The van der Waals surface area contributed by atoms with E-state index in [1.54, 1.807) is 11.3 Å². The second kappa shape index (κ2) is 9.05. The first-order chi connectivity index (χ1) is 11.3. The van der Waals surface area contributed by atoms with Crippen LogP contribution in [-0.2, 0) is 6.54 Å². The molecule has 3 heterocycles. The summed E-state index contributed by atoms with van der Waals surface area (Å²) in [6, 6.07) is 4.26. The standard InChI is InChI=1S/C20H27N3.ClH/c1-3-4-5-7-19-14-18-16-22(2)13-6-8-20(18)23(19)15-17-9-11-21-12-10-17;/h3-4,7,9-12H,5-6,8,13-16H2,1-2H3;1H/b4-3-,19-7+;. The van der Waals surface area contributed by atoms with Gasteiger partial charge in [0.25, 0.3) is 0 Å². The second-order valence-electron chi connectivity index (χ2n) is 6.51. The molecule has 1 aromatic heterocycles. The number of aromatic nitrogens is 1. The van der Waals surface area contributed by atoms with Gasteiger partial charge in [-0.1, -0.05) is 18.2 Å². The van der Waals surface area contributed by atoms with E-state index in [4.69, 9.17) is 0 Å². The quantitative estimate of drug-likeness (QED) is 0.747. The van der Waals surface area contributed by atoms with E-state index in [0.29, 0.717) is 0 Å². The Bertz CT molecular complexity index is 619. The molecule has 1 aromatic rings. The molecule has 0 fully saturated rings. The summed E-state index contributed by atoms with van der Waals surface area (Å²) in [4.78, 5) is 9.17. The fraction of sp³-hybridized carbons (Fsp3) is 0.450. The minimum absolute atomic E-state index is 0. The van der Waals surface area contributed by atoms with Gasteiger partial charge in [-0.3, -0.25) is 4.98 Å². The highest BCUT2D eigenvalue weighted by Crippen LogP contribution is 2.37. The fourth-order valence-electron chi connectivity index (χ4n) is 3.55. The van der Waals surface area contributed by atoms with E-state index in [1.807, 2.05) is 12.4 Å². The second-order valence-corrected chi connectivity index (χ2v) is 6.51. The molecule has 24 heavy (non-hydrogen) atoms. The number of allylic oxidation sites excluding steroid dienone is 5. The molecule has 0 saturated carbocycles. The molecule has 0 aromatic carbocycles. The van der Waals surface area contributed by atoms with Crippen LogP contribution in [0.1, 0.15) is 38.2 Å². The molecule has 0 atom stereocenters. The summed E-state index contributed by atoms with van der Waals surface area (Å²) in [5.41, 5.74) is 5.99. The van der Waals surface area contributed by atoms with Gasteiger partial charge in [0.15, 0.2) is 0 Å². The summed E-state index contributed by atoms with van der Waals surface area (Å²) in [5.74, 6) is 0. The number of rotatable bonds is 4. The van der Waals surface area contributed by atoms with E-state index < -0.39 is 0 Å². The van der Waals surface area contributed by atoms with Crippen LogP contribution in [0.5, 0.6) is 0 Å². The molecule has 0 unspecified atom stereocenters. The van der Waals surface area contributed by atoms with E-state index in [-0.39, 0.29) is 12.4 Å². The van der Waals surface area contributed by atoms with Gasteiger partial charge >= 0.3 is 0 Å². The van der Waals surface area contributed by atoms with E-state index >= 15 is 0 Å². The van der Waals surface area contributed by atoms with Crippen molar-refractivity contribution in [2.75, 3.05) is 20.1 Å². The molecular weight excluding hydrogens is 318 g/mol. The van der Waals surface area contributed by atoms with Gasteiger partial charge in [-0.2, -0.15) is 0 Å². The molecule has 3 nitrogen and oxygen atoms in total. The first kappa shape index (κ1) is 18.8. The Labute approximate surface area is 152 Å². The van der Waals surface area contributed by atoms with Crippen molar-refractivity contribution in [3.63, 3.8) is 0 Å². The zero-order valence-corrected chi connectivity index (χ0v) is 15.6. The van der Waals surface area contributed by atoms with Crippen LogP contribution in [0.4, 0.5) is 0 Å². The van der Waals surface area contributed by atoms with E-state index in [0.717, 1.165) is 25.9 Å². The van der Waals surface area contributed by atoms with Crippen LogP contribution in [0.15, 0.2) is 59.7 Å². The van der Waals surface area contributed by atoms with Crippen molar-refractivity contribution in [2.45, 2.75) is 39.2 Å². The molecule has 0 N–H and O–H groups in total. The molecule has 2 aliphatic rings. The van der Waals surface area contributed by atoms with Crippen molar-refractivity contribution < 1.29 is 0 Å². The Kier molecular flexibility index (Phi) is 7.07. The van der Waals surface area contributed by atoms with Crippen molar-refractivity contribution in [3.05, 3.63) is 65.3 Å². The van der Waals surface area contributed by atoms with Gasteiger partial charge in [0.2, 0.25) is 0 Å². The smallest absolute Gasteiger partial charge is 0.0476 e. The lowest BCUT2D eigenvalue weighted by atomic mass is 10.1. The zero-order valence-electron chi connectivity index (χ0n) is 14.7. The molecular formula is C20H28ClN3. The van der Waals surface area contributed by atoms with Gasteiger partial charge in [0, 0.05) is 43.3 Å². The lowest BCUT2D eigenvalue weighted by molar-refractivity contribution is 0.356. The van der Waals surface area contributed by atoms with Gasteiger partial charge in [0.05, 0.1) is 0 Å². The van der Waals surface area contributed by atoms with Gasteiger partial charge in [-0.25, -0.2) is 0 Å². The Morgan fingerprint density at radius 2 is 2.04 bits per heavy atom. The number of likely N-dealkylation sites (N-methyl/N-ethyl adjacent to an activating group) is 1. The summed E-state index contributed by atoms with van der Waals surface area (Å²) in [6.45, 7) is 5.37. The van der Waals surface area contributed by atoms with Crippen LogP contribution in [0.2, 0.25) is 0 Å². The van der Waals surface area contributed by atoms with Gasteiger partial charge in [-0.15, -0.1) is 12.4 Å². The van der Waals surface area contributed by atoms with Gasteiger partial charge < -0.3 is 9.80 Å².